The number of nitrogens with one attached hydrogen (secondary N) is 3. The Hall–Kier alpha value is -3.86. The average Bonchev–Trinajstić information content (AvgIpc) is 3.35. The summed E-state index contributed by atoms with van der Waals surface area (Å²) in [5.41, 5.74) is 7.69. The van der Waals surface area contributed by atoms with Gasteiger partial charge in [0, 0.05) is 16.3 Å². The highest BCUT2D eigenvalue weighted by atomic mass is 35.5. The molecule has 1 heterocycles. The van der Waals surface area contributed by atoms with Gasteiger partial charge in [0.05, 0.1) is 6.54 Å². The smallest absolute Gasteiger partial charge is 0.264 e. The minimum atomic E-state index is -0.515. The SMILES string of the molecule is O=C(COC(Cn1nnnc1-c1ccccc1)c1ccc(Cl)cc1)NNC(=S)Nc1ccccc1. The van der Waals surface area contributed by atoms with Crippen LogP contribution in [0.25, 0.3) is 11.4 Å². The van der Waals surface area contributed by atoms with Gasteiger partial charge in [0.25, 0.3) is 5.91 Å². The predicted octanol–water partition coefficient (Wildman–Crippen LogP) is 3.77. The van der Waals surface area contributed by atoms with E-state index in [0.29, 0.717) is 10.8 Å². The molecule has 0 saturated carbocycles. The lowest BCUT2D eigenvalue weighted by Crippen LogP contribution is -2.45. The highest BCUT2D eigenvalue weighted by Gasteiger charge is 2.19. The number of thiocarbonyl (C=S) groups is 1. The Labute approximate surface area is 212 Å². The van der Waals surface area contributed by atoms with E-state index >= 15 is 0 Å². The van der Waals surface area contributed by atoms with Gasteiger partial charge in [-0.15, -0.1) is 5.10 Å². The summed E-state index contributed by atoms with van der Waals surface area (Å²) in [6, 6.07) is 26.2. The number of carbonyl (C=O) groups excluding carboxylic acids is 1. The number of tetrazole rings is 1. The maximum Gasteiger partial charge on any atom is 0.264 e. The van der Waals surface area contributed by atoms with E-state index in [0.717, 1.165) is 16.8 Å². The molecular weight excluding hydrogens is 486 g/mol. The zero-order chi connectivity index (χ0) is 24.5. The van der Waals surface area contributed by atoms with E-state index in [2.05, 4.69) is 31.7 Å². The van der Waals surface area contributed by atoms with Gasteiger partial charge in [0.2, 0.25) is 0 Å². The van der Waals surface area contributed by atoms with Crippen LogP contribution in [-0.4, -0.2) is 37.8 Å². The molecule has 11 heteroatoms. The van der Waals surface area contributed by atoms with Gasteiger partial charge in [0.1, 0.15) is 12.7 Å². The van der Waals surface area contributed by atoms with Gasteiger partial charge in [0.15, 0.2) is 10.9 Å². The van der Waals surface area contributed by atoms with Crippen LogP contribution in [0.15, 0.2) is 84.9 Å². The van der Waals surface area contributed by atoms with Crippen LogP contribution in [0.5, 0.6) is 0 Å². The van der Waals surface area contributed by atoms with E-state index in [9.17, 15) is 4.79 Å². The largest absolute Gasteiger partial charge is 0.362 e. The summed E-state index contributed by atoms with van der Waals surface area (Å²) in [6.07, 6.45) is -0.515. The molecule has 0 fully saturated rings. The van der Waals surface area contributed by atoms with Gasteiger partial charge in [-0.05, 0) is 52.5 Å². The number of halogens is 1. The average molecular weight is 508 g/mol. The zero-order valence-corrected chi connectivity index (χ0v) is 20.0. The number of hydrogen-bond acceptors (Lipinski definition) is 6. The van der Waals surface area contributed by atoms with Crippen molar-refractivity contribution in [3.63, 3.8) is 0 Å². The van der Waals surface area contributed by atoms with Gasteiger partial charge in [-0.2, -0.15) is 0 Å². The molecule has 4 rings (SSSR count). The first kappa shape index (κ1) is 24.3. The molecule has 0 saturated heterocycles. The van der Waals surface area contributed by atoms with Crippen LogP contribution in [0, 0.1) is 0 Å². The monoisotopic (exact) mass is 507 g/mol. The summed E-state index contributed by atoms with van der Waals surface area (Å²) in [4.78, 5) is 12.4. The highest BCUT2D eigenvalue weighted by molar-refractivity contribution is 7.80. The molecule has 1 atom stereocenters. The number of anilines is 1. The van der Waals surface area contributed by atoms with E-state index in [1.165, 1.54) is 0 Å². The predicted molar refractivity (Wildman–Crippen MR) is 137 cm³/mol. The molecule has 0 aliphatic rings. The van der Waals surface area contributed by atoms with E-state index < -0.39 is 12.0 Å². The summed E-state index contributed by atoms with van der Waals surface area (Å²) < 4.78 is 7.61. The molecule has 178 valence electrons. The van der Waals surface area contributed by atoms with Gasteiger partial charge in [-0.25, -0.2) is 4.68 Å². The number of amides is 1. The molecule has 0 spiro atoms. The van der Waals surface area contributed by atoms with E-state index in [4.69, 9.17) is 28.6 Å². The minimum absolute atomic E-state index is 0.225. The first-order valence-electron chi connectivity index (χ1n) is 10.7. The van der Waals surface area contributed by atoms with Crippen LogP contribution in [0.4, 0.5) is 5.69 Å². The molecule has 1 aromatic heterocycles. The normalized spacial score (nSPS) is 11.5. The van der Waals surface area contributed by atoms with Crippen LogP contribution < -0.4 is 16.2 Å². The van der Waals surface area contributed by atoms with Crippen molar-refractivity contribution in [3.05, 3.63) is 95.5 Å². The van der Waals surface area contributed by atoms with Gasteiger partial charge < -0.3 is 10.1 Å². The molecule has 3 N–H and O–H groups in total. The molecule has 3 aromatic carbocycles. The molecular formula is C24H22ClN7O2S. The Kier molecular flexibility index (Phi) is 8.34. The fourth-order valence-corrected chi connectivity index (χ4v) is 3.53. The lowest BCUT2D eigenvalue weighted by atomic mass is 10.1. The van der Waals surface area contributed by atoms with Crippen molar-refractivity contribution in [2.45, 2.75) is 12.6 Å². The van der Waals surface area contributed by atoms with Crippen LogP contribution in [-0.2, 0) is 16.1 Å². The highest BCUT2D eigenvalue weighted by Crippen LogP contribution is 2.24. The van der Waals surface area contributed by atoms with Crippen molar-refractivity contribution in [1.29, 1.82) is 0 Å². The van der Waals surface area contributed by atoms with Gasteiger partial charge >= 0.3 is 0 Å². The van der Waals surface area contributed by atoms with E-state index in [-0.39, 0.29) is 18.3 Å². The van der Waals surface area contributed by atoms with Crippen molar-refractivity contribution < 1.29 is 9.53 Å². The molecule has 1 amide bonds. The number of para-hydroxylation sites is 1. The van der Waals surface area contributed by atoms with Crippen molar-refractivity contribution in [3.8, 4) is 11.4 Å². The fourth-order valence-electron chi connectivity index (χ4n) is 3.23. The van der Waals surface area contributed by atoms with Crippen molar-refractivity contribution in [2.24, 2.45) is 0 Å². The summed E-state index contributed by atoms with van der Waals surface area (Å²) in [5, 5.41) is 15.9. The number of carbonyl (C=O) groups is 1. The lowest BCUT2D eigenvalue weighted by molar-refractivity contribution is -0.128. The molecule has 0 radical (unpaired) electrons. The number of benzene rings is 3. The Balaban J connectivity index is 1.39. The van der Waals surface area contributed by atoms with Crippen LogP contribution in [0.2, 0.25) is 5.02 Å². The summed E-state index contributed by atoms with van der Waals surface area (Å²) >= 11 is 11.3. The van der Waals surface area contributed by atoms with Gasteiger partial charge in [-0.1, -0.05) is 72.3 Å². The third kappa shape index (κ3) is 7.06. The standard InChI is InChI=1S/C24H22ClN7O2S/c25-19-13-11-17(12-14-19)21(15-32-23(28-30-31-32)18-7-3-1-4-8-18)34-16-22(33)27-29-24(35)26-20-9-5-2-6-10-20/h1-14,21H,15-16H2,(H,27,33)(H2,26,29,35). The first-order chi connectivity index (χ1) is 17.1. The molecule has 4 aromatic rings. The van der Waals surface area contributed by atoms with Crippen molar-refractivity contribution in [1.82, 2.24) is 31.1 Å². The number of nitrogens with zero attached hydrogens (tertiary/aromatic N) is 4. The van der Waals surface area contributed by atoms with E-state index in [1.54, 1.807) is 16.8 Å². The number of hydrogen-bond donors (Lipinski definition) is 3. The lowest BCUT2D eigenvalue weighted by Gasteiger charge is -2.19. The Morgan fingerprint density at radius 2 is 1.66 bits per heavy atom. The number of rotatable bonds is 8. The van der Waals surface area contributed by atoms with Crippen molar-refractivity contribution >= 4 is 40.5 Å². The molecule has 0 aliphatic carbocycles. The quantitative estimate of drug-likeness (QED) is 0.244. The summed E-state index contributed by atoms with van der Waals surface area (Å²) in [6.45, 7) is 0.0601. The molecule has 1 unspecified atom stereocenters. The third-order valence-electron chi connectivity index (χ3n) is 4.91. The maximum atomic E-state index is 12.4. The Bertz CT molecular complexity index is 1250. The second kappa shape index (κ2) is 12.0. The summed E-state index contributed by atoms with van der Waals surface area (Å²) in [7, 11) is 0. The maximum absolute atomic E-state index is 12.4. The molecule has 9 nitrogen and oxygen atoms in total. The molecule has 0 bridgehead atoms. The van der Waals surface area contributed by atoms with Gasteiger partial charge in [-0.3, -0.25) is 15.6 Å². The molecule has 35 heavy (non-hydrogen) atoms. The van der Waals surface area contributed by atoms with Crippen molar-refractivity contribution in [2.75, 3.05) is 11.9 Å². The van der Waals surface area contributed by atoms with Crippen LogP contribution in [0.1, 0.15) is 11.7 Å². The minimum Gasteiger partial charge on any atom is -0.362 e. The zero-order valence-electron chi connectivity index (χ0n) is 18.5. The second-order valence-electron chi connectivity index (χ2n) is 7.40. The topological polar surface area (TPSA) is 106 Å². The second-order valence-corrected chi connectivity index (χ2v) is 8.24. The van der Waals surface area contributed by atoms with Crippen LogP contribution in [0.3, 0.4) is 0 Å². The number of hydrazine groups is 1. The van der Waals surface area contributed by atoms with Crippen LogP contribution >= 0.6 is 23.8 Å². The third-order valence-corrected chi connectivity index (χ3v) is 5.36. The molecule has 0 aliphatic heterocycles. The van der Waals surface area contributed by atoms with E-state index in [1.807, 2.05) is 72.8 Å². The first-order valence-corrected chi connectivity index (χ1v) is 11.5. The Morgan fingerprint density at radius 1 is 0.971 bits per heavy atom. The Morgan fingerprint density at radius 3 is 2.37 bits per heavy atom. The number of ether oxygens (including phenoxy) is 1. The number of aromatic nitrogens is 4. The fraction of sp³-hybridized carbons (Fsp3) is 0.125. The summed E-state index contributed by atoms with van der Waals surface area (Å²) in [5.74, 6) is 0.192.